The number of benzene rings is 2. The van der Waals surface area contributed by atoms with E-state index in [0.29, 0.717) is 6.54 Å². The highest BCUT2D eigenvalue weighted by molar-refractivity contribution is 6.33. The van der Waals surface area contributed by atoms with Crippen LogP contribution < -0.4 is 4.90 Å². The molecule has 2 aromatic carbocycles. The summed E-state index contributed by atoms with van der Waals surface area (Å²) in [4.78, 5) is 38.6. The molecule has 3 atom stereocenters. The summed E-state index contributed by atoms with van der Waals surface area (Å²) >= 11 is 5.91. The summed E-state index contributed by atoms with van der Waals surface area (Å²) in [6.45, 7) is 3.50. The summed E-state index contributed by atoms with van der Waals surface area (Å²) in [6, 6.07) is 11.2. The molecule has 0 radical (unpaired) electrons. The molecule has 2 aromatic rings. The predicted molar refractivity (Wildman–Crippen MR) is 110 cm³/mol. The Labute approximate surface area is 177 Å². The Morgan fingerprint density at radius 3 is 2.33 bits per heavy atom. The first-order chi connectivity index (χ1) is 14.4. The molecular weight excluding hydrogens is 408 g/mol. The maximum atomic E-state index is 13.5. The van der Waals surface area contributed by atoms with Gasteiger partial charge in [0.15, 0.2) is 0 Å². The van der Waals surface area contributed by atoms with E-state index in [4.69, 9.17) is 11.6 Å². The van der Waals surface area contributed by atoms with E-state index in [2.05, 4.69) is 5.01 Å². The van der Waals surface area contributed by atoms with Crippen molar-refractivity contribution in [3.63, 3.8) is 0 Å². The molecule has 0 aromatic heterocycles. The van der Waals surface area contributed by atoms with Crippen molar-refractivity contribution in [3.8, 4) is 0 Å². The number of aryl methyl sites for hydroxylation is 1. The van der Waals surface area contributed by atoms with Crippen molar-refractivity contribution in [2.75, 3.05) is 18.0 Å². The molecule has 3 aliphatic heterocycles. The smallest absolute Gasteiger partial charge is 0.274 e. The van der Waals surface area contributed by atoms with Crippen LogP contribution >= 0.6 is 11.6 Å². The summed E-state index contributed by atoms with van der Waals surface area (Å²) in [5, 5.41) is 15.4. The molecule has 154 valence electrons. The molecule has 8 nitrogen and oxygen atoms in total. The second-order valence-electron chi connectivity index (χ2n) is 7.91. The highest BCUT2D eigenvalue weighted by atomic mass is 35.5. The largest absolute Gasteiger partial charge is 0.289 e. The van der Waals surface area contributed by atoms with Gasteiger partial charge in [0.05, 0.1) is 22.6 Å². The number of anilines is 1. The second kappa shape index (κ2) is 6.87. The minimum atomic E-state index is -0.616. The quantitative estimate of drug-likeness (QED) is 0.426. The monoisotopic (exact) mass is 426 g/mol. The Morgan fingerprint density at radius 2 is 1.67 bits per heavy atom. The van der Waals surface area contributed by atoms with Gasteiger partial charge in [0.25, 0.3) is 11.6 Å². The van der Waals surface area contributed by atoms with E-state index in [9.17, 15) is 19.7 Å². The molecule has 5 rings (SSSR count). The van der Waals surface area contributed by atoms with Crippen molar-refractivity contribution in [1.29, 1.82) is 0 Å². The van der Waals surface area contributed by atoms with E-state index in [-0.39, 0.29) is 34.3 Å². The third kappa shape index (κ3) is 2.68. The molecule has 3 saturated heterocycles. The average molecular weight is 427 g/mol. The number of carbonyl (C=O) groups is 2. The van der Waals surface area contributed by atoms with Crippen LogP contribution in [0.25, 0.3) is 0 Å². The van der Waals surface area contributed by atoms with Gasteiger partial charge in [-0.15, -0.1) is 0 Å². The normalized spacial score (nSPS) is 26.3. The number of hydrogen-bond acceptors (Lipinski definition) is 6. The van der Waals surface area contributed by atoms with Crippen LogP contribution in [0, 0.1) is 23.0 Å². The fraction of sp³-hybridized carbons (Fsp3) is 0.333. The fourth-order valence-electron chi connectivity index (χ4n) is 4.91. The lowest BCUT2D eigenvalue weighted by Gasteiger charge is -2.29. The predicted octanol–water partition coefficient (Wildman–Crippen LogP) is 3.09. The minimum Gasteiger partial charge on any atom is -0.274 e. The lowest BCUT2D eigenvalue weighted by Crippen LogP contribution is -2.44. The number of halogens is 1. The Balaban J connectivity index is 1.58. The highest BCUT2D eigenvalue weighted by Gasteiger charge is 2.62. The van der Waals surface area contributed by atoms with Gasteiger partial charge in [-0.3, -0.25) is 19.7 Å². The van der Waals surface area contributed by atoms with Crippen molar-refractivity contribution in [2.24, 2.45) is 5.92 Å². The summed E-state index contributed by atoms with van der Waals surface area (Å²) in [5.41, 5.74) is 1.97. The number of rotatable bonds is 3. The summed E-state index contributed by atoms with van der Waals surface area (Å²) in [7, 11) is 0. The Morgan fingerprint density at radius 1 is 1.00 bits per heavy atom. The van der Waals surface area contributed by atoms with E-state index < -0.39 is 16.9 Å². The Kier molecular flexibility index (Phi) is 4.39. The van der Waals surface area contributed by atoms with Gasteiger partial charge in [-0.1, -0.05) is 41.4 Å². The van der Waals surface area contributed by atoms with Crippen molar-refractivity contribution in [1.82, 2.24) is 10.0 Å². The molecular formula is C21H19ClN4O4. The van der Waals surface area contributed by atoms with Crippen molar-refractivity contribution < 1.29 is 14.5 Å². The topological polar surface area (TPSA) is 87.0 Å². The van der Waals surface area contributed by atoms with Crippen LogP contribution in [0.1, 0.15) is 23.6 Å². The first-order valence-corrected chi connectivity index (χ1v) is 10.2. The zero-order valence-electron chi connectivity index (χ0n) is 16.2. The SMILES string of the molecule is Cc1ccc([C@@H]2[C@@H]3C(=O)N(c4ccc(Cl)c([N+](=O)[O-])c4)C(=O)[C@H]3N3CCCN23)cc1. The average Bonchev–Trinajstić information content (AvgIpc) is 3.36. The zero-order valence-corrected chi connectivity index (χ0v) is 17.0. The van der Waals surface area contributed by atoms with E-state index in [0.717, 1.165) is 29.0 Å². The van der Waals surface area contributed by atoms with Crippen molar-refractivity contribution in [2.45, 2.75) is 25.4 Å². The molecule has 9 heteroatoms. The van der Waals surface area contributed by atoms with E-state index >= 15 is 0 Å². The lowest BCUT2D eigenvalue weighted by atomic mass is 9.89. The van der Waals surface area contributed by atoms with E-state index in [1.807, 2.05) is 36.2 Å². The number of nitrogens with zero attached hydrogens (tertiary/aromatic N) is 4. The minimum absolute atomic E-state index is 0.0358. The summed E-state index contributed by atoms with van der Waals surface area (Å²) in [6.07, 6.45) is 0.916. The van der Waals surface area contributed by atoms with Crippen LogP contribution in [-0.2, 0) is 9.59 Å². The maximum absolute atomic E-state index is 13.5. The number of hydrogen-bond donors (Lipinski definition) is 0. The highest BCUT2D eigenvalue weighted by Crippen LogP contribution is 2.49. The molecule has 3 aliphatic rings. The Bertz CT molecular complexity index is 1070. The van der Waals surface area contributed by atoms with Crippen molar-refractivity contribution >= 4 is 34.8 Å². The summed E-state index contributed by atoms with van der Waals surface area (Å²) in [5.74, 6) is -1.24. The molecule has 3 heterocycles. The van der Waals surface area contributed by atoms with Gasteiger partial charge in [-0.05, 0) is 31.0 Å². The summed E-state index contributed by atoms with van der Waals surface area (Å²) < 4.78 is 0. The number of nitro benzene ring substituents is 1. The molecule has 30 heavy (non-hydrogen) atoms. The van der Waals surface area contributed by atoms with Gasteiger partial charge >= 0.3 is 0 Å². The molecule has 0 spiro atoms. The van der Waals surface area contributed by atoms with E-state index in [1.165, 1.54) is 18.2 Å². The Hall–Kier alpha value is -2.81. The van der Waals surface area contributed by atoms with Crippen LogP contribution in [0.4, 0.5) is 11.4 Å². The van der Waals surface area contributed by atoms with Crippen molar-refractivity contribution in [3.05, 3.63) is 68.7 Å². The number of fused-ring (bicyclic) bond motifs is 3. The van der Waals surface area contributed by atoms with Gasteiger partial charge in [0.2, 0.25) is 5.91 Å². The number of hydrazine groups is 1. The molecule has 0 N–H and O–H groups in total. The van der Waals surface area contributed by atoms with Gasteiger partial charge in [-0.25, -0.2) is 14.9 Å². The van der Waals surface area contributed by atoms with Gasteiger partial charge < -0.3 is 0 Å². The molecule has 3 fully saturated rings. The molecule has 0 unspecified atom stereocenters. The first kappa shape index (κ1) is 19.2. The van der Waals surface area contributed by atoms with Crippen LogP contribution in [0.5, 0.6) is 0 Å². The zero-order chi connectivity index (χ0) is 21.2. The van der Waals surface area contributed by atoms with Crippen LogP contribution in [0.3, 0.4) is 0 Å². The van der Waals surface area contributed by atoms with E-state index in [1.54, 1.807) is 0 Å². The van der Waals surface area contributed by atoms with Gasteiger partial charge in [0.1, 0.15) is 11.1 Å². The lowest BCUT2D eigenvalue weighted by molar-refractivity contribution is -0.384. The number of imide groups is 1. The van der Waals surface area contributed by atoms with Gasteiger partial charge in [0, 0.05) is 19.2 Å². The molecule has 0 bridgehead atoms. The van der Waals surface area contributed by atoms with Crippen LogP contribution in [0.15, 0.2) is 42.5 Å². The molecule has 0 saturated carbocycles. The molecule has 2 amide bonds. The third-order valence-electron chi connectivity index (χ3n) is 6.21. The second-order valence-corrected chi connectivity index (χ2v) is 8.32. The standard InChI is InChI=1S/C21H19ClN4O4/c1-12-3-5-13(6-4-12)18-17-19(24-10-2-9-23(18)24)21(28)25(20(17)27)14-7-8-15(22)16(11-14)26(29)30/h3-8,11,17-19H,2,9-10H2,1H3/t17-,18+,19-/m0/s1. The van der Waals surface area contributed by atoms with Gasteiger partial charge in [-0.2, -0.15) is 0 Å². The molecule has 0 aliphatic carbocycles. The maximum Gasteiger partial charge on any atom is 0.289 e. The number of nitro groups is 1. The third-order valence-corrected chi connectivity index (χ3v) is 6.53. The number of carbonyl (C=O) groups excluding carboxylic acids is 2. The first-order valence-electron chi connectivity index (χ1n) is 9.80. The fourth-order valence-corrected chi connectivity index (χ4v) is 5.10. The number of amides is 2. The van der Waals surface area contributed by atoms with Crippen LogP contribution in [-0.4, -0.2) is 45.9 Å². The van der Waals surface area contributed by atoms with Crippen LogP contribution in [0.2, 0.25) is 5.02 Å².